The monoisotopic (exact) mass is 286 g/mol. The minimum atomic E-state index is 0.0167. The second-order valence-corrected chi connectivity index (χ2v) is 6.70. The Labute approximate surface area is 127 Å². The summed E-state index contributed by atoms with van der Waals surface area (Å²) in [7, 11) is 0. The number of fused-ring (bicyclic) bond motifs is 1. The highest BCUT2D eigenvalue weighted by Crippen LogP contribution is 2.33. The number of hydrogen-bond donors (Lipinski definition) is 1. The predicted molar refractivity (Wildman–Crippen MR) is 85.1 cm³/mol. The third-order valence-electron chi connectivity index (χ3n) is 5.34. The standard InChI is InChI=1S/C18H26N2O/c1-3-13(2)17(14-7-5-4-6-8-14)18(21)20-11-15-9-19-10-16(15)12-20/h4-8,13,15-17,19H,3,9-12H2,1-2H3. The number of amides is 1. The zero-order valence-electron chi connectivity index (χ0n) is 13.1. The molecule has 1 amide bonds. The zero-order chi connectivity index (χ0) is 14.8. The van der Waals surface area contributed by atoms with Crippen LogP contribution < -0.4 is 5.32 Å². The molecule has 2 fully saturated rings. The molecule has 1 N–H and O–H groups in total. The van der Waals surface area contributed by atoms with E-state index in [1.54, 1.807) is 0 Å². The molecule has 4 unspecified atom stereocenters. The Hall–Kier alpha value is -1.35. The number of hydrogen-bond acceptors (Lipinski definition) is 2. The first kappa shape index (κ1) is 14.6. The largest absolute Gasteiger partial charge is 0.341 e. The summed E-state index contributed by atoms with van der Waals surface area (Å²) in [5, 5.41) is 3.44. The molecule has 4 atom stereocenters. The van der Waals surface area contributed by atoms with Crippen LogP contribution in [0.15, 0.2) is 30.3 Å². The second kappa shape index (κ2) is 6.18. The van der Waals surface area contributed by atoms with E-state index in [2.05, 4.69) is 36.2 Å². The smallest absolute Gasteiger partial charge is 0.230 e. The molecule has 0 saturated carbocycles. The fourth-order valence-corrected chi connectivity index (χ4v) is 3.84. The third kappa shape index (κ3) is 2.84. The van der Waals surface area contributed by atoms with Gasteiger partial charge in [-0.05, 0) is 23.3 Å². The van der Waals surface area contributed by atoms with E-state index in [1.165, 1.54) is 5.56 Å². The molecular formula is C18H26N2O. The Kier molecular flexibility index (Phi) is 4.29. The molecule has 2 heterocycles. The van der Waals surface area contributed by atoms with Gasteiger partial charge in [0.25, 0.3) is 0 Å². The lowest BCUT2D eigenvalue weighted by molar-refractivity contribution is -0.133. The quantitative estimate of drug-likeness (QED) is 0.922. The van der Waals surface area contributed by atoms with Crippen LogP contribution in [-0.2, 0) is 4.79 Å². The second-order valence-electron chi connectivity index (χ2n) is 6.70. The molecular weight excluding hydrogens is 260 g/mol. The number of benzene rings is 1. The maximum absolute atomic E-state index is 13.1. The lowest BCUT2D eigenvalue weighted by Gasteiger charge is -2.28. The fraction of sp³-hybridized carbons (Fsp3) is 0.611. The lowest BCUT2D eigenvalue weighted by atomic mass is 9.84. The van der Waals surface area contributed by atoms with Crippen LogP contribution in [0.5, 0.6) is 0 Å². The molecule has 1 aromatic carbocycles. The van der Waals surface area contributed by atoms with E-state index >= 15 is 0 Å². The molecule has 21 heavy (non-hydrogen) atoms. The summed E-state index contributed by atoms with van der Waals surface area (Å²) in [6, 6.07) is 10.3. The van der Waals surface area contributed by atoms with E-state index in [0.717, 1.165) is 32.6 Å². The summed E-state index contributed by atoms with van der Waals surface area (Å²) in [6.45, 7) is 8.42. The molecule has 3 nitrogen and oxygen atoms in total. The van der Waals surface area contributed by atoms with Crippen molar-refractivity contribution in [1.29, 1.82) is 0 Å². The highest BCUT2D eigenvalue weighted by Gasteiger charge is 2.40. The minimum Gasteiger partial charge on any atom is -0.341 e. The summed E-state index contributed by atoms with van der Waals surface area (Å²) in [5.41, 5.74) is 1.17. The van der Waals surface area contributed by atoms with Gasteiger partial charge < -0.3 is 10.2 Å². The van der Waals surface area contributed by atoms with Crippen LogP contribution in [0.1, 0.15) is 31.7 Å². The Morgan fingerprint density at radius 1 is 1.24 bits per heavy atom. The number of nitrogens with one attached hydrogen (secondary N) is 1. The minimum absolute atomic E-state index is 0.0167. The van der Waals surface area contributed by atoms with Crippen LogP contribution in [0.3, 0.4) is 0 Å². The van der Waals surface area contributed by atoms with E-state index in [4.69, 9.17) is 0 Å². The van der Waals surface area contributed by atoms with Crippen molar-refractivity contribution >= 4 is 5.91 Å². The molecule has 2 aliphatic heterocycles. The lowest BCUT2D eigenvalue weighted by Crippen LogP contribution is -2.37. The molecule has 0 spiro atoms. The fourth-order valence-electron chi connectivity index (χ4n) is 3.84. The van der Waals surface area contributed by atoms with Crippen molar-refractivity contribution in [2.75, 3.05) is 26.2 Å². The highest BCUT2D eigenvalue weighted by atomic mass is 16.2. The Balaban J connectivity index is 1.79. The molecule has 2 saturated heterocycles. The van der Waals surface area contributed by atoms with E-state index in [1.807, 2.05) is 18.2 Å². The Morgan fingerprint density at radius 2 is 1.86 bits per heavy atom. The molecule has 0 aromatic heterocycles. The van der Waals surface area contributed by atoms with Gasteiger partial charge in [0, 0.05) is 26.2 Å². The van der Waals surface area contributed by atoms with E-state index in [9.17, 15) is 4.79 Å². The van der Waals surface area contributed by atoms with Crippen molar-refractivity contribution in [3.63, 3.8) is 0 Å². The summed E-state index contributed by atoms with van der Waals surface area (Å²) in [5.74, 6) is 2.08. The molecule has 0 aliphatic carbocycles. The Morgan fingerprint density at radius 3 is 2.43 bits per heavy atom. The zero-order valence-corrected chi connectivity index (χ0v) is 13.1. The summed E-state index contributed by atoms with van der Waals surface area (Å²) < 4.78 is 0. The molecule has 3 rings (SSSR count). The highest BCUT2D eigenvalue weighted by molar-refractivity contribution is 5.84. The van der Waals surface area contributed by atoms with Crippen LogP contribution in [0.25, 0.3) is 0 Å². The first-order chi connectivity index (χ1) is 10.2. The van der Waals surface area contributed by atoms with Gasteiger partial charge in [-0.15, -0.1) is 0 Å². The van der Waals surface area contributed by atoms with Crippen molar-refractivity contribution in [3.8, 4) is 0 Å². The van der Waals surface area contributed by atoms with Gasteiger partial charge in [-0.25, -0.2) is 0 Å². The van der Waals surface area contributed by atoms with Crippen molar-refractivity contribution in [2.45, 2.75) is 26.2 Å². The van der Waals surface area contributed by atoms with Crippen molar-refractivity contribution in [1.82, 2.24) is 10.2 Å². The van der Waals surface area contributed by atoms with E-state index < -0.39 is 0 Å². The number of carbonyl (C=O) groups is 1. The van der Waals surface area contributed by atoms with Gasteiger partial charge in [0.2, 0.25) is 5.91 Å². The van der Waals surface area contributed by atoms with Gasteiger partial charge in [0.05, 0.1) is 5.92 Å². The van der Waals surface area contributed by atoms with Crippen LogP contribution in [0.4, 0.5) is 0 Å². The average Bonchev–Trinajstić information content (AvgIpc) is 3.09. The number of rotatable bonds is 4. The van der Waals surface area contributed by atoms with Crippen LogP contribution >= 0.6 is 0 Å². The first-order valence-electron chi connectivity index (χ1n) is 8.25. The Bertz CT molecular complexity index is 475. The number of carbonyl (C=O) groups excluding carboxylic acids is 1. The average molecular weight is 286 g/mol. The van der Waals surface area contributed by atoms with Gasteiger partial charge in [-0.3, -0.25) is 4.79 Å². The van der Waals surface area contributed by atoms with Crippen molar-refractivity contribution in [3.05, 3.63) is 35.9 Å². The van der Waals surface area contributed by atoms with E-state index in [-0.39, 0.29) is 5.92 Å². The van der Waals surface area contributed by atoms with Crippen LogP contribution in [0, 0.1) is 17.8 Å². The van der Waals surface area contributed by atoms with Gasteiger partial charge >= 0.3 is 0 Å². The van der Waals surface area contributed by atoms with Crippen molar-refractivity contribution < 1.29 is 4.79 Å². The SMILES string of the molecule is CCC(C)C(C(=O)N1CC2CNCC2C1)c1ccccc1. The summed E-state index contributed by atoms with van der Waals surface area (Å²) in [6.07, 6.45) is 1.04. The maximum Gasteiger partial charge on any atom is 0.230 e. The normalized spacial score (nSPS) is 27.4. The van der Waals surface area contributed by atoms with Crippen LogP contribution in [0.2, 0.25) is 0 Å². The number of likely N-dealkylation sites (tertiary alicyclic amines) is 1. The van der Waals surface area contributed by atoms with Gasteiger partial charge in [-0.2, -0.15) is 0 Å². The predicted octanol–water partition coefficient (Wildman–Crippen LogP) is 2.49. The molecule has 1 aromatic rings. The topological polar surface area (TPSA) is 32.3 Å². The third-order valence-corrected chi connectivity index (χ3v) is 5.34. The van der Waals surface area contributed by atoms with Gasteiger partial charge in [0.1, 0.15) is 0 Å². The first-order valence-corrected chi connectivity index (χ1v) is 8.25. The molecule has 3 heteroatoms. The van der Waals surface area contributed by atoms with Crippen molar-refractivity contribution in [2.24, 2.45) is 17.8 Å². The van der Waals surface area contributed by atoms with Crippen LogP contribution in [-0.4, -0.2) is 37.0 Å². The van der Waals surface area contributed by atoms with Gasteiger partial charge in [-0.1, -0.05) is 50.6 Å². The maximum atomic E-state index is 13.1. The molecule has 114 valence electrons. The summed E-state index contributed by atoms with van der Waals surface area (Å²) >= 11 is 0. The molecule has 2 aliphatic rings. The molecule has 0 radical (unpaired) electrons. The van der Waals surface area contributed by atoms with Gasteiger partial charge in [0.15, 0.2) is 0 Å². The summed E-state index contributed by atoms with van der Waals surface area (Å²) in [4.78, 5) is 15.2. The number of nitrogens with zero attached hydrogens (tertiary/aromatic N) is 1. The van der Waals surface area contributed by atoms with E-state index in [0.29, 0.717) is 23.7 Å². The molecule has 0 bridgehead atoms.